The van der Waals surface area contributed by atoms with E-state index in [1.54, 1.807) is 6.92 Å². The third kappa shape index (κ3) is 4.63. The molecule has 1 amide bonds. The maximum atomic E-state index is 11.1. The van der Waals surface area contributed by atoms with Gasteiger partial charge in [-0.2, -0.15) is 0 Å². The Morgan fingerprint density at radius 3 is 2.48 bits per heavy atom. The van der Waals surface area contributed by atoms with E-state index in [1.807, 2.05) is 30.3 Å². The van der Waals surface area contributed by atoms with Gasteiger partial charge in [-0.25, -0.2) is 0 Å². The molecule has 0 aromatic heterocycles. The molecule has 0 aliphatic carbocycles. The zero-order chi connectivity index (χ0) is 16.8. The molecule has 0 bridgehead atoms. The minimum absolute atomic E-state index is 0.165. The van der Waals surface area contributed by atoms with E-state index in [0.29, 0.717) is 5.71 Å². The van der Waals surface area contributed by atoms with Crippen molar-refractivity contribution in [1.29, 1.82) is 0 Å². The number of amides is 1. The molecule has 118 valence electrons. The minimum Gasteiger partial charge on any atom is -0.356 e. The van der Waals surface area contributed by atoms with E-state index in [9.17, 15) is 14.9 Å². The summed E-state index contributed by atoms with van der Waals surface area (Å²) in [4.78, 5) is 26.8. The Balaban J connectivity index is 2.26. The summed E-state index contributed by atoms with van der Waals surface area (Å²) in [6, 6.07) is 13.3. The molecule has 2 aromatic rings. The van der Waals surface area contributed by atoms with Crippen molar-refractivity contribution in [2.45, 2.75) is 13.8 Å². The monoisotopic (exact) mass is 313 g/mol. The summed E-state index contributed by atoms with van der Waals surface area (Å²) in [5, 5.41) is 17.4. The molecule has 0 saturated heterocycles. The number of anilines is 1. The minimum atomic E-state index is -0.564. The van der Waals surface area contributed by atoms with Crippen molar-refractivity contribution < 1.29 is 14.6 Å². The molecule has 0 fully saturated rings. The predicted octanol–water partition coefficient (Wildman–Crippen LogP) is 3.36. The van der Waals surface area contributed by atoms with Crippen molar-refractivity contribution in [3.63, 3.8) is 0 Å². The zero-order valence-corrected chi connectivity index (χ0v) is 12.6. The standard InChI is InChI=1S/C16H15N3O4/c1-11(13-6-4-3-5-7-13)18-23-16-9-14(17-12(2)20)8-15(10-16)19(21)22/h3-10H,1-2H3,(H,17,20). The Kier molecular flexibility index (Phi) is 5.03. The van der Waals surface area contributed by atoms with Crippen molar-refractivity contribution in [3.05, 3.63) is 64.2 Å². The molecule has 0 saturated carbocycles. The van der Waals surface area contributed by atoms with Gasteiger partial charge in [0.15, 0.2) is 5.75 Å². The van der Waals surface area contributed by atoms with Crippen LogP contribution in [-0.4, -0.2) is 16.5 Å². The molecule has 7 heteroatoms. The molecule has 23 heavy (non-hydrogen) atoms. The van der Waals surface area contributed by atoms with Gasteiger partial charge in [0, 0.05) is 19.1 Å². The number of nitro benzene ring substituents is 1. The van der Waals surface area contributed by atoms with Crippen LogP contribution >= 0.6 is 0 Å². The highest BCUT2D eigenvalue weighted by atomic mass is 16.6. The predicted molar refractivity (Wildman–Crippen MR) is 86.7 cm³/mol. The number of benzene rings is 2. The Morgan fingerprint density at radius 1 is 1.17 bits per heavy atom. The Morgan fingerprint density at radius 2 is 1.87 bits per heavy atom. The summed E-state index contributed by atoms with van der Waals surface area (Å²) in [5.74, 6) is -0.168. The molecule has 0 spiro atoms. The van der Waals surface area contributed by atoms with Crippen LogP contribution in [0.25, 0.3) is 0 Å². The lowest BCUT2D eigenvalue weighted by molar-refractivity contribution is -0.384. The van der Waals surface area contributed by atoms with Gasteiger partial charge in [0.05, 0.1) is 22.4 Å². The van der Waals surface area contributed by atoms with E-state index in [4.69, 9.17) is 4.84 Å². The molecule has 0 unspecified atom stereocenters. The quantitative estimate of drug-likeness (QED) is 0.520. The molecule has 0 radical (unpaired) electrons. The number of nitrogens with zero attached hydrogens (tertiary/aromatic N) is 2. The van der Waals surface area contributed by atoms with Gasteiger partial charge < -0.3 is 10.2 Å². The lowest BCUT2D eigenvalue weighted by Gasteiger charge is -2.06. The van der Waals surface area contributed by atoms with Crippen LogP contribution in [0, 0.1) is 10.1 Å². The molecule has 2 aromatic carbocycles. The van der Waals surface area contributed by atoms with Crippen LogP contribution in [0.5, 0.6) is 5.75 Å². The second-order valence-corrected chi connectivity index (χ2v) is 4.79. The molecular weight excluding hydrogens is 298 g/mol. The number of hydrogen-bond acceptors (Lipinski definition) is 5. The number of nitro groups is 1. The normalized spacial score (nSPS) is 11.0. The molecule has 2 rings (SSSR count). The number of hydrogen-bond donors (Lipinski definition) is 1. The van der Waals surface area contributed by atoms with E-state index >= 15 is 0 Å². The second kappa shape index (κ2) is 7.17. The van der Waals surface area contributed by atoms with Crippen molar-refractivity contribution in [2.75, 3.05) is 5.32 Å². The largest absolute Gasteiger partial charge is 0.356 e. The fourth-order valence-corrected chi connectivity index (χ4v) is 1.87. The number of rotatable bonds is 5. The lowest BCUT2D eigenvalue weighted by Crippen LogP contribution is -2.06. The van der Waals surface area contributed by atoms with Gasteiger partial charge in [0.2, 0.25) is 5.91 Å². The molecule has 0 aliphatic heterocycles. The van der Waals surface area contributed by atoms with Crippen molar-refractivity contribution in [1.82, 2.24) is 0 Å². The fraction of sp³-hybridized carbons (Fsp3) is 0.125. The van der Waals surface area contributed by atoms with Crippen LogP contribution in [0.4, 0.5) is 11.4 Å². The Labute approximate surface area is 132 Å². The second-order valence-electron chi connectivity index (χ2n) is 4.79. The van der Waals surface area contributed by atoms with E-state index in [2.05, 4.69) is 10.5 Å². The zero-order valence-electron chi connectivity index (χ0n) is 12.6. The third-order valence-corrected chi connectivity index (χ3v) is 2.90. The topological polar surface area (TPSA) is 93.8 Å². The maximum Gasteiger partial charge on any atom is 0.275 e. The number of carbonyl (C=O) groups excluding carboxylic acids is 1. The van der Waals surface area contributed by atoms with Crippen LogP contribution in [0.3, 0.4) is 0 Å². The fourth-order valence-electron chi connectivity index (χ4n) is 1.87. The van der Waals surface area contributed by atoms with Gasteiger partial charge in [-0.05, 0) is 12.5 Å². The number of non-ortho nitro benzene ring substituents is 1. The van der Waals surface area contributed by atoms with E-state index in [1.165, 1.54) is 25.1 Å². The van der Waals surface area contributed by atoms with Crippen LogP contribution < -0.4 is 10.2 Å². The van der Waals surface area contributed by atoms with Gasteiger partial charge in [0.25, 0.3) is 5.69 Å². The average molecular weight is 313 g/mol. The van der Waals surface area contributed by atoms with Gasteiger partial charge in [-0.3, -0.25) is 14.9 Å². The summed E-state index contributed by atoms with van der Waals surface area (Å²) in [7, 11) is 0. The van der Waals surface area contributed by atoms with Gasteiger partial charge in [-0.15, -0.1) is 0 Å². The van der Waals surface area contributed by atoms with Crippen LogP contribution in [0.15, 0.2) is 53.7 Å². The highest BCUT2D eigenvalue weighted by Gasteiger charge is 2.12. The molecular formula is C16H15N3O4. The first kappa shape index (κ1) is 16.2. The third-order valence-electron chi connectivity index (χ3n) is 2.90. The molecule has 1 N–H and O–H groups in total. The van der Waals surface area contributed by atoms with Crippen LogP contribution in [0.2, 0.25) is 0 Å². The van der Waals surface area contributed by atoms with Gasteiger partial charge in [-0.1, -0.05) is 35.5 Å². The highest BCUT2D eigenvalue weighted by molar-refractivity contribution is 5.98. The van der Waals surface area contributed by atoms with Crippen LogP contribution in [-0.2, 0) is 4.79 Å². The first-order valence-corrected chi connectivity index (χ1v) is 6.80. The van der Waals surface area contributed by atoms with E-state index < -0.39 is 4.92 Å². The van der Waals surface area contributed by atoms with E-state index in [0.717, 1.165) is 5.56 Å². The SMILES string of the molecule is CC(=O)Nc1cc(ON=C(C)c2ccccc2)cc([N+](=O)[O-])c1. The summed E-state index contributed by atoms with van der Waals surface area (Å²) < 4.78 is 0. The molecule has 0 heterocycles. The Bertz CT molecular complexity index is 757. The maximum absolute atomic E-state index is 11.1. The summed E-state index contributed by atoms with van der Waals surface area (Å²) in [6.07, 6.45) is 0. The first-order valence-electron chi connectivity index (χ1n) is 6.80. The summed E-state index contributed by atoms with van der Waals surface area (Å²) in [6.45, 7) is 3.08. The number of oxime groups is 1. The van der Waals surface area contributed by atoms with Crippen molar-refractivity contribution in [3.8, 4) is 5.75 Å². The lowest BCUT2D eigenvalue weighted by atomic mass is 10.1. The smallest absolute Gasteiger partial charge is 0.275 e. The number of carbonyl (C=O) groups is 1. The first-order chi connectivity index (χ1) is 11.0. The highest BCUT2D eigenvalue weighted by Crippen LogP contribution is 2.26. The van der Waals surface area contributed by atoms with Crippen LogP contribution in [0.1, 0.15) is 19.4 Å². The van der Waals surface area contributed by atoms with Crippen molar-refractivity contribution in [2.24, 2.45) is 5.16 Å². The average Bonchev–Trinajstić information content (AvgIpc) is 2.52. The van der Waals surface area contributed by atoms with Crippen molar-refractivity contribution >= 4 is 23.0 Å². The number of nitrogens with one attached hydrogen (secondary N) is 1. The van der Waals surface area contributed by atoms with E-state index in [-0.39, 0.29) is 23.0 Å². The summed E-state index contributed by atoms with van der Waals surface area (Å²) >= 11 is 0. The van der Waals surface area contributed by atoms with Gasteiger partial charge in [0.1, 0.15) is 0 Å². The summed E-state index contributed by atoms with van der Waals surface area (Å²) in [5.41, 5.74) is 1.58. The van der Waals surface area contributed by atoms with Gasteiger partial charge >= 0.3 is 0 Å². The molecule has 7 nitrogen and oxygen atoms in total. The Hall–Kier alpha value is -3.22. The molecule has 0 aliphatic rings. The molecule has 0 atom stereocenters.